The molecule has 6 nitrogen and oxygen atoms in total. The van der Waals surface area contributed by atoms with E-state index in [1.54, 1.807) is 4.90 Å². The van der Waals surface area contributed by atoms with Gasteiger partial charge in [0.15, 0.2) is 10.3 Å². The zero-order valence-corrected chi connectivity index (χ0v) is 15.4. The lowest BCUT2D eigenvalue weighted by atomic mass is 10.1. The standard InChI is InChI=1S/C14H26N4O2S2/c1-5-22-11(15)17-12(21)16-10-6-8-18(9-7-10)13(19)20-14(2,3)4/h10H,5-9H2,1-4H3,(H3,15,16,17,21). The Hall–Kier alpha value is -1.02. The molecule has 1 saturated heterocycles. The zero-order valence-electron chi connectivity index (χ0n) is 13.7. The fraction of sp³-hybridized carbons (Fsp3) is 0.786. The van der Waals surface area contributed by atoms with Gasteiger partial charge in [-0.3, -0.25) is 0 Å². The minimum absolute atomic E-state index is 0.217. The van der Waals surface area contributed by atoms with E-state index in [-0.39, 0.29) is 12.1 Å². The number of amidine groups is 1. The number of carbonyl (C=O) groups is 1. The Morgan fingerprint density at radius 2 is 2.05 bits per heavy atom. The summed E-state index contributed by atoms with van der Waals surface area (Å²) in [5.74, 6) is 0.867. The van der Waals surface area contributed by atoms with Crippen molar-refractivity contribution < 1.29 is 9.53 Å². The monoisotopic (exact) mass is 346 g/mol. The van der Waals surface area contributed by atoms with Crippen LogP contribution in [0.2, 0.25) is 0 Å². The maximum atomic E-state index is 12.0. The van der Waals surface area contributed by atoms with Crippen LogP contribution in [0.1, 0.15) is 40.5 Å². The number of hydrogen-bond acceptors (Lipinski definition) is 4. The van der Waals surface area contributed by atoms with Crippen LogP contribution in [-0.2, 0) is 4.74 Å². The summed E-state index contributed by atoms with van der Waals surface area (Å²) in [7, 11) is 0. The fourth-order valence-corrected chi connectivity index (χ4v) is 2.79. The smallest absolute Gasteiger partial charge is 0.410 e. The number of hydrogen-bond donors (Lipinski definition) is 2. The second-order valence-electron chi connectivity index (χ2n) is 6.07. The minimum Gasteiger partial charge on any atom is -0.444 e. The Morgan fingerprint density at radius 1 is 1.45 bits per heavy atom. The number of nitrogens with two attached hydrogens (primary N) is 1. The molecule has 0 aromatic heterocycles. The van der Waals surface area contributed by atoms with Gasteiger partial charge in [0.25, 0.3) is 0 Å². The van der Waals surface area contributed by atoms with Crippen LogP contribution in [0.3, 0.4) is 0 Å². The molecule has 0 bridgehead atoms. The second-order valence-corrected chi connectivity index (χ2v) is 7.75. The van der Waals surface area contributed by atoms with Crippen LogP contribution in [0.15, 0.2) is 4.99 Å². The number of piperidine rings is 1. The van der Waals surface area contributed by atoms with Crippen molar-refractivity contribution in [3.8, 4) is 0 Å². The van der Waals surface area contributed by atoms with Crippen molar-refractivity contribution in [1.82, 2.24) is 10.2 Å². The lowest BCUT2D eigenvalue weighted by molar-refractivity contribution is 0.0203. The van der Waals surface area contributed by atoms with Gasteiger partial charge in [-0.05, 0) is 51.6 Å². The topological polar surface area (TPSA) is 80.0 Å². The molecule has 22 heavy (non-hydrogen) atoms. The van der Waals surface area contributed by atoms with Gasteiger partial charge in [-0.15, -0.1) is 0 Å². The number of nitrogens with one attached hydrogen (secondary N) is 1. The zero-order chi connectivity index (χ0) is 16.8. The molecule has 126 valence electrons. The number of likely N-dealkylation sites (tertiary alicyclic amines) is 1. The number of ether oxygens (including phenoxy) is 1. The van der Waals surface area contributed by atoms with Crippen molar-refractivity contribution in [2.75, 3.05) is 18.8 Å². The number of amides is 1. The van der Waals surface area contributed by atoms with Gasteiger partial charge in [-0.1, -0.05) is 18.7 Å². The first-order valence-electron chi connectivity index (χ1n) is 7.46. The lowest BCUT2D eigenvalue weighted by Gasteiger charge is -2.33. The van der Waals surface area contributed by atoms with Crippen molar-refractivity contribution in [3.05, 3.63) is 0 Å². The molecule has 0 spiro atoms. The van der Waals surface area contributed by atoms with Gasteiger partial charge < -0.3 is 20.7 Å². The van der Waals surface area contributed by atoms with Gasteiger partial charge in [-0.2, -0.15) is 4.99 Å². The third-order valence-electron chi connectivity index (χ3n) is 2.98. The molecular formula is C14H26N4O2S2. The molecule has 0 saturated carbocycles. The van der Waals surface area contributed by atoms with E-state index in [1.807, 2.05) is 27.7 Å². The first kappa shape index (κ1) is 19.0. The number of nitrogens with zero attached hydrogens (tertiary/aromatic N) is 2. The molecule has 0 atom stereocenters. The molecule has 3 N–H and O–H groups in total. The highest BCUT2D eigenvalue weighted by Crippen LogP contribution is 2.15. The predicted molar refractivity (Wildman–Crippen MR) is 96.3 cm³/mol. The number of thioether (sulfide) groups is 1. The Morgan fingerprint density at radius 3 is 2.55 bits per heavy atom. The van der Waals surface area contributed by atoms with Crippen LogP contribution in [0, 0.1) is 0 Å². The van der Waals surface area contributed by atoms with Gasteiger partial charge in [-0.25, -0.2) is 4.79 Å². The molecule has 0 aromatic carbocycles. The number of carbonyl (C=O) groups excluding carboxylic acids is 1. The Bertz CT molecular complexity index is 427. The summed E-state index contributed by atoms with van der Waals surface area (Å²) in [5, 5.41) is 4.08. The van der Waals surface area contributed by atoms with Crippen LogP contribution >= 0.6 is 24.0 Å². The molecule has 1 aliphatic heterocycles. The normalized spacial score (nSPS) is 17.3. The summed E-state index contributed by atoms with van der Waals surface area (Å²) in [4.78, 5) is 17.8. The van der Waals surface area contributed by atoms with Crippen LogP contribution in [0.4, 0.5) is 4.79 Å². The second kappa shape index (κ2) is 8.57. The Balaban J connectivity index is 2.38. The summed E-state index contributed by atoms with van der Waals surface area (Å²) >= 11 is 6.64. The fourth-order valence-electron chi connectivity index (χ4n) is 2.02. The van der Waals surface area contributed by atoms with E-state index in [0.29, 0.717) is 23.4 Å². The van der Waals surface area contributed by atoms with Gasteiger partial charge in [0.1, 0.15) is 5.60 Å². The molecule has 0 aromatic rings. The van der Waals surface area contributed by atoms with Crippen molar-refractivity contribution in [2.45, 2.75) is 52.2 Å². The first-order valence-corrected chi connectivity index (χ1v) is 8.86. The van der Waals surface area contributed by atoms with Gasteiger partial charge in [0.2, 0.25) is 0 Å². The SMILES string of the molecule is CCSC(N)=NC(=S)NC1CCN(C(=O)OC(C)(C)C)CC1. The molecule has 8 heteroatoms. The van der Waals surface area contributed by atoms with Crippen LogP contribution in [-0.4, -0.2) is 51.8 Å². The van der Waals surface area contributed by atoms with Crippen LogP contribution in [0.25, 0.3) is 0 Å². The van der Waals surface area contributed by atoms with E-state index < -0.39 is 5.60 Å². The van der Waals surface area contributed by atoms with Crippen molar-refractivity contribution >= 4 is 40.4 Å². The molecular weight excluding hydrogens is 320 g/mol. The van der Waals surface area contributed by atoms with Crippen molar-refractivity contribution in [2.24, 2.45) is 10.7 Å². The van der Waals surface area contributed by atoms with E-state index in [4.69, 9.17) is 22.7 Å². The number of rotatable bonds is 2. The van der Waals surface area contributed by atoms with E-state index in [0.717, 1.165) is 18.6 Å². The van der Waals surface area contributed by atoms with Gasteiger partial charge >= 0.3 is 6.09 Å². The lowest BCUT2D eigenvalue weighted by Crippen LogP contribution is -2.47. The maximum Gasteiger partial charge on any atom is 0.410 e. The molecule has 1 aliphatic rings. The minimum atomic E-state index is -0.461. The number of aliphatic imine (C=N–C) groups is 1. The van der Waals surface area contributed by atoms with Crippen molar-refractivity contribution in [1.29, 1.82) is 0 Å². The summed E-state index contributed by atoms with van der Waals surface area (Å²) in [6.07, 6.45) is 1.38. The average Bonchev–Trinajstić information content (AvgIpc) is 2.37. The molecule has 0 aliphatic carbocycles. The van der Waals surface area contributed by atoms with E-state index >= 15 is 0 Å². The Kier molecular flexibility index (Phi) is 7.41. The van der Waals surface area contributed by atoms with Crippen LogP contribution < -0.4 is 11.1 Å². The molecule has 1 heterocycles. The van der Waals surface area contributed by atoms with E-state index in [2.05, 4.69) is 10.3 Å². The highest BCUT2D eigenvalue weighted by Gasteiger charge is 2.26. The highest BCUT2D eigenvalue weighted by atomic mass is 32.2. The first-order chi connectivity index (χ1) is 10.2. The molecule has 0 radical (unpaired) electrons. The van der Waals surface area contributed by atoms with Crippen LogP contribution in [0.5, 0.6) is 0 Å². The predicted octanol–water partition coefficient (Wildman–Crippen LogP) is 2.33. The highest BCUT2D eigenvalue weighted by molar-refractivity contribution is 8.13. The Labute approximate surface area is 142 Å². The average molecular weight is 347 g/mol. The summed E-state index contributed by atoms with van der Waals surface area (Å²) in [6.45, 7) is 8.92. The molecule has 1 rings (SSSR count). The number of thiocarbonyl (C=S) groups is 1. The summed E-state index contributed by atoms with van der Waals surface area (Å²) < 4.78 is 5.37. The summed E-state index contributed by atoms with van der Waals surface area (Å²) in [6, 6.07) is 0.217. The van der Waals surface area contributed by atoms with Gasteiger partial charge in [0, 0.05) is 19.1 Å². The molecule has 0 unspecified atom stereocenters. The quantitative estimate of drug-likeness (QED) is 0.454. The maximum absolute atomic E-state index is 12.0. The van der Waals surface area contributed by atoms with Gasteiger partial charge in [0.05, 0.1) is 0 Å². The molecule has 1 amide bonds. The summed E-state index contributed by atoms with van der Waals surface area (Å²) in [5.41, 5.74) is 5.27. The van der Waals surface area contributed by atoms with E-state index in [9.17, 15) is 4.79 Å². The molecule has 1 fully saturated rings. The van der Waals surface area contributed by atoms with E-state index in [1.165, 1.54) is 11.8 Å². The van der Waals surface area contributed by atoms with Crippen molar-refractivity contribution in [3.63, 3.8) is 0 Å². The third kappa shape index (κ3) is 7.31. The third-order valence-corrected chi connectivity index (χ3v) is 3.86. The largest absolute Gasteiger partial charge is 0.444 e.